The molecule has 0 saturated heterocycles. The van der Waals surface area contributed by atoms with E-state index in [2.05, 4.69) is 38.2 Å². The second-order valence-corrected chi connectivity index (χ2v) is 8.02. The largest absolute Gasteiger partial charge is 0.212 e. The van der Waals surface area contributed by atoms with Crippen molar-refractivity contribution in [2.75, 3.05) is 0 Å². The molecule has 0 atom stereocenters. The van der Waals surface area contributed by atoms with E-state index >= 15 is 0 Å². The highest BCUT2D eigenvalue weighted by molar-refractivity contribution is 9.10. The molecule has 0 bridgehead atoms. The molecule has 0 amide bonds. The Kier molecular flexibility index (Phi) is 7.04. The summed E-state index contributed by atoms with van der Waals surface area (Å²) in [5.74, 6) is 1.05. The molecule has 3 aromatic rings. The predicted molar refractivity (Wildman–Crippen MR) is 112 cm³/mol. The van der Waals surface area contributed by atoms with Gasteiger partial charge in [0, 0.05) is 22.2 Å². The SMILES string of the molecule is CCCc1nnc(SCc2ccc(Br)cc2)n1N=Cc1c(F)cccc1Cl. The van der Waals surface area contributed by atoms with Crippen molar-refractivity contribution < 1.29 is 4.39 Å². The van der Waals surface area contributed by atoms with Crippen molar-refractivity contribution in [1.82, 2.24) is 14.9 Å². The maximum absolute atomic E-state index is 14.0. The molecule has 0 aliphatic carbocycles. The second kappa shape index (κ2) is 9.48. The van der Waals surface area contributed by atoms with Crippen molar-refractivity contribution in [3.8, 4) is 0 Å². The topological polar surface area (TPSA) is 43.1 Å². The van der Waals surface area contributed by atoms with Gasteiger partial charge in [-0.25, -0.2) is 4.39 Å². The predicted octanol–water partition coefficient (Wildman–Crippen LogP) is 5.96. The minimum absolute atomic E-state index is 0.249. The summed E-state index contributed by atoms with van der Waals surface area (Å²) in [5.41, 5.74) is 1.41. The monoisotopic (exact) mass is 466 g/mol. The molecule has 1 aromatic heterocycles. The Morgan fingerprint density at radius 1 is 1.22 bits per heavy atom. The van der Waals surface area contributed by atoms with E-state index in [0.717, 1.165) is 34.5 Å². The smallest absolute Gasteiger partial charge is 0.206 e. The summed E-state index contributed by atoms with van der Waals surface area (Å²) in [6.45, 7) is 2.06. The fraction of sp³-hybridized carbons (Fsp3) is 0.211. The number of thioether (sulfide) groups is 1. The lowest BCUT2D eigenvalue weighted by Crippen LogP contribution is -2.01. The summed E-state index contributed by atoms with van der Waals surface area (Å²) in [5, 5.41) is 13.9. The highest BCUT2D eigenvalue weighted by Crippen LogP contribution is 2.24. The van der Waals surface area contributed by atoms with E-state index in [1.54, 1.807) is 16.8 Å². The molecule has 3 rings (SSSR count). The van der Waals surface area contributed by atoms with Crippen LogP contribution in [0.4, 0.5) is 4.39 Å². The van der Waals surface area contributed by atoms with E-state index in [1.165, 1.54) is 24.0 Å². The van der Waals surface area contributed by atoms with Crippen LogP contribution in [0.1, 0.15) is 30.3 Å². The zero-order valence-corrected chi connectivity index (χ0v) is 17.7. The number of nitrogens with zero attached hydrogens (tertiary/aromatic N) is 4. The molecule has 0 fully saturated rings. The Labute approximate surface area is 175 Å². The summed E-state index contributed by atoms with van der Waals surface area (Å²) in [4.78, 5) is 0. The van der Waals surface area contributed by atoms with Crippen LogP contribution >= 0.6 is 39.3 Å². The Hall–Kier alpha value is -1.70. The number of rotatable bonds is 7. The average molecular weight is 468 g/mol. The fourth-order valence-corrected chi connectivity index (χ4v) is 3.70. The molecule has 0 unspecified atom stereocenters. The van der Waals surface area contributed by atoms with Gasteiger partial charge in [-0.05, 0) is 36.2 Å². The standard InChI is InChI=1S/C19H17BrClFN4S/c1-2-4-18-24-25-19(27-12-13-7-9-14(20)10-8-13)26(18)23-11-15-16(21)5-3-6-17(15)22/h3,5-11H,2,4,12H2,1H3. The van der Waals surface area contributed by atoms with E-state index in [1.807, 2.05) is 24.3 Å². The molecule has 0 spiro atoms. The Balaban J connectivity index is 1.85. The molecule has 8 heteroatoms. The quantitative estimate of drug-likeness (QED) is 0.318. The molecule has 0 aliphatic heterocycles. The van der Waals surface area contributed by atoms with E-state index in [-0.39, 0.29) is 5.56 Å². The van der Waals surface area contributed by atoms with Crippen LogP contribution in [-0.2, 0) is 12.2 Å². The maximum Gasteiger partial charge on any atom is 0.212 e. The third kappa shape index (κ3) is 5.18. The number of hydrogen-bond donors (Lipinski definition) is 0. The van der Waals surface area contributed by atoms with Crippen molar-refractivity contribution in [3.05, 3.63) is 74.7 Å². The summed E-state index contributed by atoms with van der Waals surface area (Å²) in [6.07, 6.45) is 3.06. The van der Waals surface area contributed by atoms with Gasteiger partial charge in [-0.15, -0.1) is 10.2 Å². The van der Waals surface area contributed by atoms with Gasteiger partial charge in [-0.1, -0.05) is 64.4 Å². The van der Waals surface area contributed by atoms with E-state index in [0.29, 0.717) is 10.2 Å². The van der Waals surface area contributed by atoms with Crippen LogP contribution < -0.4 is 0 Å². The first-order chi connectivity index (χ1) is 13.1. The van der Waals surface area contributed by atoms with Gasteiger partial charge in [0.05, 0.1) is 11.2 Å². The summed E-state index contributed by atoms with van der Waals surface area (Å²) in [7, 11) is 0. The van der Waals surface area contributed by atoms with Gasteiger partial charge in [0.2, 0.25) is 5.16 Å². The average Bonchev–Trinajstić information content (AvgIpc) is 3.03. The lowest BCUT2D eigenvalue weighted by Gasteiger charge is -2.05. The summed E-state index contributed by atoms with van der Waals surface area (Å²) < 4.78 is 16.7. The molecule has 0 saturated carbocycles. The van der Waals surface area contributed by atoms with Crippen molar-refractivity contribution >= 4 is 45.5 Å². The third-order valence-electron chi connectivity index (χ3n) is 3.73. The van der Waals surface area contributed by atoms with Crippen LogP contribution in [0.15, 0.2) is 57.2 Å². The van der Waals surface area contributed by atoms with Crippen LogP contribution in [0.2, 0.25) is 5.02 Å². The van der Waals surface area contributed by atoms with Crippen LogP contribution in [0, 0.1) is 5.82 Å². The molecule has 2 aromatic carbocycles. The molecule has 140 valence electrons. The van der Waals surface area contributed by atoms with Gasteiger partial charge >= 0.3 is 0 Å². The number of hydrogen-bond acceptors (Lipinski definition) is 4. The molecular weight excluding hydrogens is 451 g/mol. The Morgan fingerprint density at radius 2 is 2.00 bits per heavy atom. The third-order valence-corrected chi connectivity index (χ3v) is 5.58. The van der Waals surface area contributed by atoms with Gasteiger partial charge in [0.25, 0.3) is 0 Å². The van der Waals surface area contributed by atoms with Crippen molar-refractivity contribution in [3.63, 3.8) is 0 Å². The molecule has 0 radical (unpaired) electrons. The maximum atomic E-state index is 14.0. The van der Waals surface area contributed by atoms with Gasteiger partial charge in [-0.2, -0.15) is 9.78 Å². The summed E-state index contributed by atoms with van der Waals surface area (Å²) >= 11 is 11.0. The van der Waals surface area contributed by atoms with Gasteiger partial charge in [0.1, 0.15) is 5.82 Å². The van der Waals surface area contributed by atoms with E-state index in [4.69, 9.17) is 11.6 Å². The first-order valence-electron chi connectivity index (χ1n) is 8.38. The fourth-order valence-electron chi connectivity index (χ4n) is 2.36. The van der Waals surface area contributed by atoms with Crippen LogP contribution in [0.25, 0.3) is 0 Å². The molecule has 0 N–H and O–H groups in total. The minimum Gasteiger partial charge on any atom is -0.206 e. The zero-order valence-electron chi connectivity index (χ0n) is 14.6. The van der Waals surface area contributed by atoms with Crippen LogP contribution in [0.5, 0.6) is 0 Å². The van der Waals surface area contributed by atoms with Crippen LogP contribution in [-0.4, -0.2) is 21.1 Å². The highest BCUT2D eigenvalue weighted by atomic mass is 79.9. The molecule has 27 heavy (non-hydrogen) atoms. The minimum atomic E-state index is -0.416. The van der Waals surface area contributed by atoms with Crippen molar-refractivity contribution in [1.29, 1.82) is 0 Å². The van der Waals surface area contributed by atoms with Gasteiger partial charge in [-0.3, -0.25) is 0 Å². The van der Waals surface area contributed by atoms with E-state index in [9.17, 15) is 4.39 Å². The number of aryl methyl sites for hydroxylation is 1. The van der Waals surface area contributed by atoms with Crippen molar-refractivity contribution in [2.45, 2.75) is 30.7 Å². The molecule has 4 nitrogen and oxygen atoms in total. The normalized spacial score (nSPS) is 11.4. The van der Waals surface area contributed by atoms with Crippen LogP contribution in [0.3, 0.4) is 0 Å². The Bertz CT molecular complexity index is 923. The highest BCUT2D eigenvalue weighted by Gasteiger charge is 2.12. The summed E-state index contributed by atoms with van der Waals surface area (Å²) in [6, 6.07) is 12.7. The second-order valence-electron chi connectivity index (χ2n) is 5.76. The number of aromatic nitrogens is 3. The number of benzene rings is 2. The Morgan fingerprint density at radius 3 is 2.70 bits per heavy atom. The van der Waals surface area contributed by atoms with Gasteiger partial charge in [0.15, 0.2) is 5.82 Å². The first-order valence-corrected chi connectivity index (χ1v) is 10.5. The number of halogens is 3. The first kappa shape index (κ1) is 20.0. The molecular formula is C19H17BrClFN4S. The lowest BCUT2D eigenvalue weighted by atomic mass is 10.2. The lowest BCUT2D eigenvalue weighted by molar-refractivity contribution is 0.625. The molecule has 1 heterocycles. The molecule has 0 aliphatic rings. The zero-order chi connectivity index (χ0) is 19.2. The van der Waals surface area contributed by atoms with Gasteiger partial charge < -0.3 is 0 Å². The van der Waals surface area contributed by atoms with E-state index < -0.39 is 5.82 Å². The van der Waals surface area contributed by atoms with Crippen molar-refractivity contribution in [2.24, 2.45) is 5.10 Å².